The number of H-pyrrole nitrogens is 2. The van der Waals surface area contributed by atoms with E-state index in [9.17, 15) is 9.18 Å². The van der Waals surface area contributed by atoms with Crippen LogP contribution in [0.25, 0.3) is 33.3 Å². The molecule has 2 aromatic heterocycles. The van der Waals surface area contributed by atoms with E-state index in [0.717, 1.165) is 0 Å². The van der Waals surface area contributed by atoms with Crippen molar-refractivity contribution < 1.29 is 15.4 Å². The normalized spacial score (nSPS) is 26.2. The van der Waals surface area contributed by atoms with E-state index in [-0.39, 0.29) is 44.7 Å². The number of halogens is 1. The molecule has 0 radical (unpaired) electrons. The van der Waals surface area contributed by atoms with Crippen molar-refractivity contribution in [3.63, 3.8) is 0 Å². The Balaban J connectivity index is 1.68. The highest BCUT2D eigenvalue weighted by Gasteiger charge is 2.18. The third-order valence-electron chi connectivity index (χ3n) is 4.45. The first-order chi connectivity index (χ1) is 16.6. The molecular weight excluding hydrogens is 359 g/mol. The van der Waals surface area contributed by atoms with Crippen LogP contribution in [-0.4, -0.2) is 40.9 Å². The molecule has 2 aromatic carbocycles. The predicted octanol–water partition coefficient (Wildman–Crippen LogP) is 2.20. The Morgan fingerprint density at radius 3 is 2.79 bits per heavy atom. The second-order valence-electron chi connectivity index (χ2n) is 6.13. The number of piperazine rings is 1. The number of fused-ring (bicyclic) bond motifs is 2. The van der Waals surface area contributed by atoms with Crippen molar-refractivity contribution in [2.24, 2.45) is 0 Å². The summed E-state index contributed by atoms with van der Waals surface area (Å²) >= 11 is 0. The molecule has 142 valence electrons. The highest BCUT2D eigenvalue weighted by Crippen LogP contribution is 2.30. The van der Waals surface area contributed by atoms with E-state index in [1.807, 2.05) is 0 Å². The van der Waals surface area contributed by atoms with Crippen LogP contribution >= 0.6 is 0 Å². The molecule has 1 aliphatic rings. The maximum atomic E-state index is 14.4. The van der Waals surface area contributed by atoms with Crippen LogP contribution in [0.3, 0.4) is 0 Å². The van der Waals surface area contributed by atoms with Crippen molar-refractivity contribution in [3.8, 4) is 11.4 Å². The Kier molecular flexibility index (Phi) is 2.32. The Labute approximate surface area is 170 Å². The van der Waals surface area contributed by atoms with Gasteiger partial charge < -0.3 is 25.9 Å². The second-order valence-corrected chi connectivity index (χ2v) is 6.13. The van der Waals surface area contributed by atoms with E-state index in [1.165, 1.54) is 36.4 Å². The molecule has 0 aliphatic carbocycles. The molecule has 7 nitrogen and oxygen atoms in total. The lowest BCUT2D eigenvalue weighted by atomic mass is 10.1. The van der Waals surface area contributed by atoms with Gasteiger partial charge in [-0.3, -0.25) is 4.79 Å². The molecule has 0 amide bonds. The largest absolute Gasteiger partial charge is 0.397 e. The SMILES string of the molecule is [2H]C1([2H])NC([2H])([2H])C([2H])([2H])N(c2ccc3nc(-c4c(N)c5c(F)cccc5[nH]c4=O)[nH]c3c2)C1([2H])[2H]. The minimum atomic E-state index is -3.02. The maximum Gasteiger partial charge on any atom is 0.261 e. The zero-order valence-corrected chi connectivity index (χ0v) is 14.2. The van der Waals surface area contributed by atoms with Gasteiger partial charge in [-0.05, 0) is 30.3 Å². The van der Waals surface area contributed by atoms with Crippen molar-refractivity contribution in [1.29, 1.82) is 0 Å². The van der Waals surface area contributed by atoms with E-state index >= 15 is 0 Å². The molecule has 1 aliphatic heterocycles. The van der Waals surface area contributed by atoms with Crippen molar-refractivity contribution in [1.82, 2.24) is 20.3 Å². The molecule has 0 atom stereocenters. The van der Waals surface area contributed by atoms with E-state index < -0.39 is 37.4 Å². The average molecular weight is 386 g/mol. The van der Waals surface area contributed by atoms with Gasteiger partial charge in [0.2, 0.25) is 0 Å². The number of imidazole rings is 1. The Bertz CT molecular complexity index is 1570. The standard InChI is InChI=1S/C20H19FN6O/c21-12-2-1-3-14-16(12)18(22)17(20(28)26-14)19-24-13-5-4-11(10-15(13)25-19)27-8-6-23-7-9-27/h1-5,10,23H,6-9H2,(H,24,25)(H3,22,26,28)/i6D2,7D2,8D2,9D2. The molecule has 5 rings (SSSR count). The predicted molar refractivity (Wildman–Crippen MR) is 109 cm³/mol. The van der Waals surface area contributed by atoms with Crippen LogP contribution in [0, 0.1) is 5.82 Å². The second kappa shape index (κ2) is 6.35. The number of hydrogen-bond donors (Lipinski definition) is 4. The fraction of sp³-hybridized carbons (Fsp3) is 0.200. The number of nitrogen functional groups attached to an aromatic ring is 1. The summed E-state index contributed by atoms with van der Waals surface area (Å²) in [5, 5.41) is 1.78. The molecule has 8 heteroatoms. The van der Waals surface area contributed by atoms with Gasteiger partial charge in [-0.1, -0.05) is 6.07 Å². The van der Waals surface area contributed by atoms with Gasteiger partial charge >= 0.3 is 0 Å². The molecule has 28 heavy (non-hydrogen) atoms. The van der Waals surface area contributed by atoms with Crippen molar-refractivity contribution in [3.05, 3.63) is 52.6 Å². The van der Waals surface area contributed by atoms with Gasteiger partial charge in [0.1, 0.15) is 17.2 Å². The first-order valence-corrected chi connectivity index (χ1v) is 8.28. The molecule has 1 fully saturated rings. The Hall–Kier alpha value is -3.39. The number of aromatic amines is 2. The van der Waals surface area contributed by atoms with Crippen LogP contribution in [0.2, 0.25) is 0 Å². The highest BCUT2D eigenvalue weighted by molar-refractivity contribution is 5.98. The van der Waals surface area contributed by atoms with Crippen LogP contribution in [0.5, 0.6) is 0 Å². The number of nitrogens with zero attached hydrogens (tertiary/aromatic N) is 2. The summed E-state index contributed by atoms with van der Waals surface area (Å²) in [7, 11) is 0. The number of nitrogens with two attached hydrogens (primary N) is 1. The highest BCUT2D eigenvalue weighted by atomic mass is 19.1. The number of anilines is 2. The summed E-state index contributed by atoms with van der Waals surface area (Å²) in [6.07, 6.45) is 0. The third kappa shape index (κ3) is 2.61. The Morgan fingerprint density at radius 1 is 1.14 bits per heavy atom. The lowest BCUT2D eigenvalue weighted by Gasteiger charge is -2.29. The summed E-state index contributed by atoms with van der Waals surface area (Å²) in [4.78, 5) is 22.9. The van der Waals surface area contributed by atoms with E-state index in [2.05, 4.69) is 15.0 Å². The van der Waals surface area contributed by atoms with Crippen LogP contribution < -0.4 is 21.5 Å². The summed E-state index contributed by atoms with van der Waals surface area (Å²) in [5.41, 5.74) is 5.69. The zero-order valence-electron chi connectivity index (χ0n) is 22.2. The smallest absolute Gasteiger partial charge is 0.261 e. The molecule has 0 unspecified atom stereocenters. The third-order valence-corrected chi connectivity index (χ3v) is 4.45. The number of hydrogen-bond acceptors (Lipinski definition) is 5. The van der Waals surface area contributed by atoms with Gasteiger partial charge in [-0.15, -0.1) is 0 Å². The molecule has 4 aromatic rings. The average Bonchev–Trinajstić information content (AvgIpc) is 3.14. The molecular formula is C20H19FN6O. The van der Waals surface area contributed by atoms with Gasteiger partial charge in [0.05, 0.1) is 33.1 Å². The molecule has 0 bridgehead atoms. The van der Waals surface area contributed by atoms with Crippen LogP contribution in [0.15, 0.2) is 41.2 Å². The van der Waals surface area contributed by atoms with Crippen molar-refractivity contribution in [2.45, 2.75) is 0 Å². The van der Waals surface area contributed by atoms with Crippen LogP contribution in [-0.2, 0) is 0 Å². The summed E-state index contributed by atoms with van der Waals surface area (Å²) in [6, 6.07) is 8.00. The topological polar surface area (TPSA) is 103 Å². The van der Waals surface area contributed by atoms with E-state index in [1.54, 1.807) is 5.32 Å². The van der Waals surface area contributed by atoms with Crippen molar-refractivity contribution >= 4 is 33.3 Å². The fourth-order valence-electron chi connectivity index (χ4n) is 3.18. The van der Waals surface area contributed by atoms with E-state index in [4.69, 9.17) is 16.7 Å². The van der Waals surface area contributed by atoms with Gasteiger partial charge in [0, 0.05) is 37.2 Å². The lowest BCUT2D eigenvalue weighted by Crippen LogP contribution is -2.43. The van der Waals surface area contributed by atoms with Crippen LogP contribution in [0.4, 0.5) is 15.8 Å². The molecule has 0 spiro atoms. The molecule has 1 saturated heterocycles. The number of pyridine rings is 1. The number of aromatic nitrogens is 3. The number of benzene rings is 2. The molecule has 0 saturated carbocycles. The summed E-state index contributed by atoms with van der Waals surface area (Å²) in [6.45, 7) is -12.0. The first kappa shape index (κ1) is 10.2. The maximum absolute atomic E-state index is 14.4. The van der Waals surface area contributed by atoms with Gasteiger partial charge in [0.15, 0.2) is 0 Å². The van der Waals surface area contributed by atoms with Gasteiger partial charge in [0.25, 0.3) is 5.56 Å². The number of nitrogens with one attached hydrogen (secondary N) is 3. The van der Waals surface area contributed by atoms with Crippen LogP contribution in [0.1, 0.15) is 11.0 Å². The zero-order chi connectivity index (χ0) is 26.4. The lowest BCUT2D eigenvalue weighted by molar-refractivity contribution is 0.589. The Morgan fingerprint density at radius 2 is 1.96 bits per heavy atom. The summed E-state index contributed by atoms with van der Waals surface area (Å²) in [5.74, 6) is -0.671. The summed E-state index contributed by atoms with van der Waals surface area (Å²) < 4.78 is 79.5. The molecule has 3 heterocycles. The van der Waals surface area contributed by atoms with Gasteiger partial charge in [-0.2, -0.15) is 0 Å². The van der Waals surface area contributed by atoms with E-state index in [0.29, 0.717) is 4.90 Å². The minimum Gasteiger partial charge on any atom is -0.397 e. The number of rotatable bonds is 2. The fourth-order valence-corrected chi connectivity index (χ4v) is 3.18. The van der Waals surface area contributed by atoms with Gasteiger partial charge in [-0.25, -0.2) is 9.37 Å². The quantitative estimate of drug-likeness (QED) is 0.423. The monoisotopic (exact) mass is 386 g/mol. The minimum absolute atomic E-state index is 0.0000774. The van der Waals surface area contributed by atoms with Crippen molar-refractivity contribution in [2.75, 3.05) is 36.6 Å². The first-order valence-electron chi connectivity index (χ1n) is 12.3. The molecule has 5 N–H and O–H groups in total.